The molecule has 9 heteroatoms. The Morgan fingerprint density at radius 2 is 2.26 bits per heavy atom. The molecule has 0 fully saturated rings. The van der Waals surface area contributed by atoms with E-state index in [4.69, 9.17) is 21.3 Å². The van der Waals surface area contributed by atoms with Crippen LogP contribution < -0.4 is 0 Å². The Balaban J connectivity index is 2.55. The van der Waals surface area contributed by atoms with E-state index in [0.717, 1.165) is 4.68 Å². The highest BCUT2D eigenvalue weighted by molar-refractivity contribution is 7.78. The van der Waals surface area contributed by atoms with Crippen molar-refractivity contribution in [2.24, 2.45) is 0 Å². The quantitative estimate of drug-likeness (QED) is 0.826. The summed E-state index contributed by atoms with van der Waals surface area (Å²) in [6.07, 6.45) is 1.44. The number of aromatic carboxylic acids is 1. The molecule has 1 unspecified atom stereocenters. The van der Waals surface area contributed by atoms with Crippen molar-refractivity contribution in [3.05, 3.63) is 40.8 Å². The van der Waals surface area contributed by atoms with Crippen molar-refractivity contribution in [3.63, 3.8) is 0 Å². The van der Waals surface area contributed by atoms with E-state index in [0.29, 0.717) is 0 Å². The van der Waals surface area contributed by atoms with Gasteiger partial charge in [-0.2, -0.15) is 5.10 Å². The van der Waals surface area contributed by atoms with Crippen molar-refractivity contribution in [2.75, 3.05) is 0 Å². The van der Waals surface area contributed by atoms with E-state index >= 15 is 0 Å². The minimum absolute atomic E-state index is 0.150. The van der Waals surface area contributed by atoms with Gasteiger partial charge >= 0.3 is 5.97 Å². The molecule has 2 rings (SSSR count). The van der Waals surface area contributed by atoms with E-state index < -0.39 is 17.0 Å². The summed E-state index contributed by atoms with van der Waals surface area (Å²) in [5.74, 6) is -1.35. The smallest absolute Gasteiger partial charge is 0.354 e. The van der Waals surface area contributed by atoms with E-state index in [9.17, 15) is 9.00 Å². The number of pyridine rings is 1. The summed E-state index contributed by atoms with van der Waals surface area (Å²) < 4.78 is 20.6. The number of nitrogens with zero attached hydrogens (tertiary/aromatic N) is 3. The van der Waals surface area contributed by atoms with Crippen LogP contribution in [-0.4, -0.2) is 34.6 Å². The fourth-order valence-corrected chi connectivity index (χ4v) is 2.07. The van der Waals surface area contributed by atoms with Gasteiger partial charge in [-0.25, -0.2) is 18.7 Å². The lowest BCUT2D eigenvalue weighted by Gasteiger charge is -2.04. The first kappa shape index (κ1) is 13.7. The molecule has 0 aliphatic heterocycles. The summed E-state index contributed by atoms with van der Waals surface area (Å²) in [5.41, 5.74) is -0.0130. The highest BCUT2D eigenvalue weighted by Crippen LogP contribution is 2.19. The van der Waals surface area contributed by atoms with Crippen molar-refractivity contribution in [1.82, 2.24) is 14.8 Å². The van der Waals surface area contributed by atoms with Crippen LogP contribution in [0.15, 0.2) is 24.4 Å². The van der Waals surface area contributed by atoms with E-state index in [2.05, 4.69) is 10.1 Å². The number of hydrogen-bond acceptors (Lipinski definition) is 4. The van der Waals surface area contributed by atoms with E-state index in [1.54, 1.807) is 12.1 Å². The molecule has 1 atom stereocenters. The predicted octanol–water partition coefficient (Wildman–Crippen LogP) is 1.34. The van der Waals surface area contributed by atoms with Gasteiger partial charge in [0, 0.05) is 6.20 Å². The van der Waals surface area contributed by atoms with Gasteiger partial charge in [0.1, 0.15) is 0 Å². The molecular weight excluding hydrogens is 294 g/mol. The number of aromatic nitrogens is 3. The SMILES string of the molecule is O=C(O)c1cc(CS(=O)O)nn1-c1ncccc1Cl. The molecule has 0 aliphatic rings. The third-order valence-corrected chi connectivity index (χ3v) is 3.03. The molecule has 0 aliphatic carbocycles. The molecule has 0 spiro atoms. The van der Waals surface area contributed by atoms with Crippen LogP contribution in [0.4, 0.5) is 0 Å². The summed E-state index contributed by atoms with van der Waals surface area (Å²) >= 11 is 3.82. The van der Waals surface area contributed by atoms with Crippen molar-refractivity contribution in [2.45, 2.75) is 5.75 Å². The lowest BCUT2D eigenvalue weighted by Crippen LogP contribution is -2.09. The zero-order valence-corrected chi connectivity index (χ0v) is 10.9. The summed E-state index contributed by atoms with van der Waals surface area (Å²) in [5, 5.41) is 13.3. The minimum Gasteiger partial charge on any atom is -0.477 e. The second-order valence-corrected chi connectivity index (χ2v) is 4.85. The van der Waals surface area contributed by atoms with Gasteiger partial charge in [0.15, 0.2) is 22.6 Å². The molecule has 0 saturated carbocycles. The first-order valence-electron chi connectivity index (χ1n) is 4.99. The van der Waals surface area contributed by atoms with Crippen molar-refractivity contribution >= 4 is 28.7 Å². The molecule has 2 heterocycles. The number of carboxylic acid groups (broad SMARTS) is 1. The number of carboxylic acids is 1. The Hall–Kier alpha value is -1.77. The molecule has 7 nitrogen and oxygen atoms in total. The Kier molecular flexibility index (Phi) is 3.93. The molecule has 0 radical (unpaired) electrons. The molecular formula is C10H8ClN3O4S. The maximum atomic E-state index is 11.1. The van der Waals surface area contributed by atoms with Crippen LogP contribution in [0.2, 0.25) is 5.02 Å². The largest absolute Gasteiger partial charge is 0.477 e. The normalized spacial score (nSPS) is 12.3. The lowest BCUT2D eigenvalue weighted by molar-refractivity contribution is 0.0686. The van der Waals surface area contributed by atoms with Gasteiger partial charge in [-0.1, -0.05) is 11.6 Å². The molecule has 2 N–H and O–H groups in total. The third-order valence-electron chi connectivity index (χ3n) is 2.19. The monoisotopic (exact) mass is 301 g/mol. The highest BCUT2D eigenvalue weighted by atomic mass is 35.5. The summed E-state index contributed by atoms with van der Waals surface area (Å²) in [6.45, 7) is 0. The summed E-state index contributed by atoms with van der Waals surface area (Å²) in [7, 11) is 0. The van der Waals surface area contributed by atoms with Crippen molar-refractivity contribution in [1.29, 1.82) is 0 Å². The average Bonchev–Trinajstić information content (AvgIpc) is 2.72. The van der Waals surface area contributed by atoms with E-state index in [-0.39, 0.29) is 28.0 Å². The van der Waals surface area contributed by atoms with Crippen LogP contribution in [0.25, 0.3) is 5.82 Å². The molecule has 100 valence electrons. The van der Waals surface area contributed by atoms with Gasteiger partial charge in [-0.15, -0.1) is 0 Å². The molecule has 0 saturated heterocycles. The summed E-state index contributed by atoms with van der Waals surface area (Å²) in [6, 6.07) is 4.35. The Morgan fingerprint density at radius 1 is 1.53 bits per heavy atom. The van der Waals surface area contributed by atoms with Crippen LogP contribution >= 0.6 is 11.6 Å². The molecule has 0 bridgehead atoms. The van der Waals surface area contributed by atoms with Gasteiger partial charge in [0.25, 0.3) is 0 Å². The van der Waals surface area contributed by atoms with Gasteiger partial charge in [0.2, 0.25) is 0 Å². The van der Waals surface area contributed by atoms with Crippen LogP contribution in [0, 0.1) is 0 Å². The predicted molar refractivity (Wildman–Crippen MR) is 67.8 cm³/mol. The van der Waals surface area contributed by atoms with Crippen LogP contribution in [0.1, 0.15) is 16.2 Å². The second kappa shape index (κ2) is 5.47. The van der Waals surface area contributed by atoms with Gasteiger partial charge < -0.3 is 9.66 Å². The summed E-state index contributed by atoms with van der Waals surface area (Å²) in [4.78, 5) is 15.1. The molecule has 2 aromatic rings. The fraction of sp³-hybridized carbons (Fsp3) is 0.100. The maximum Gasteiger partial charge on any atom is 0.354 e. The second-order valence-electron chi connectivity index (χ2n) is 3.51. The van der Waals surface area contributed by atoms with Gasteiger partial charge in [0.05, 0.1) is 16.5 Å². The molecule has 0 amide bonds. The first-order chi connectivity index (χ1) is 8.99. The van der Waals surface area contributed by atoms with Gasteiger partial charge in [-0.3, -0.25) is 0 Å². The first-order valence-corrected chi connectivity index (χ1v) is 6.65. The number of carbonyl (C=O) groups is 1. The van der Waals surface area contributed by atoms with Crippen molar-refractivity contribution in [3.8, 4) is 5.82 Å². The Bertz CT molecular complexity index is 658. The average molecular weight is 302 g/mol. The van der Waals surface area contributed by atoms with E-state index in [1.807, 2.05) is 0 Å². The zero-order chi connectivity index (χ0) is 14.0. The number of rotatable bonds is 4. The van der Waals surface area contributed by atoms with Crippen molar-refractivity contribution < 1.29 is 18.7 Å². The number of hydrogen-bond donors (Lipinski definition) is 2. The standard InChI is InChI=1S/C10H8ClN3O4S/c11-7-2-1-3-12-9(7)14-8(10(15)16)4-6(13-14)5-19(17)18/h1-4H,5H2,(H,15,16)(H,17,18). The highest BCUT2D eigenvalue weighted by Gasteiger charge is 2.18. The molecule has 0 aromatic carbocycles. The zero-order valence-electron chi connectivity index (χ0n) is 9.36. The Morgan fingerprint density at radius 3 is 2.84 bits per heavy atom. The number of halogens is 1. The molecule has 19 heavy (non-hydrogen) atoms. The lowest BCUT2D eigenvalue weighted by atomic mass is 10.3. The third kappa shape index (κ3) is 2.98. The molecule has 2 aromatic heterocycles. The van der Waals surface area contributed by atoms with Gasteiger partial charge in [-0.05, 0) is 18.2 Å². The fourth-order valence-electron chi connectivity index (χ4n) is 1.47. The van der Waals surface area contributed by atoms with Crippen LogP contribution in [-0.2, 0) is 16.8 Å². The van der Waals surface area contributed by atoms with E-state index in [1.165, 1.54) is 12.3 Å². The van der Waals surface area contributed by atoms with Crippen LogP contribution in [0.5, 0.6) is 0 Å². The minimum atomic E-state index is -2.11. The topological polar surface area (TPSA) is 105 Å². The Labute approximate surface area is 115 Å². The maximum absolute atomic E-state index is 11.1. The van der Waals surface area contributed by atoms with Crippen LogP contribution in [0.3, 0.4) is 0 Å².